The summed E-state index contributed by atoms with van der Waals surface area (Å²) >= 11 is 0. The van der Waals surface area contributed by atoms with Crippen molar-refractivity contribution in [3.63, 3.8) is 0 Å². The average Bonchev–Trinajstić information content (AvgIpc) is 2.38. The van der Waals surface area contributed by atoms with E-state index in [2.05, 4.69) is 10.6 Å². The molecule has 0 fully saturated rings. The lowest BCUT2D eigenvalue weighted by Crippen LogP contribution is -2.57. The van der Waals surface area contributed by atoms with Crippen LogP contribution >= 0.6 is 0 Å². The molecule has 19 heavy (non-hydrogen) atoms. The minimum atomic E-state index is -0.769. The second-order valence-corrected chi connectivity index (χ2v) is 4.65. The number of hydrogen-bond acceptors (Lipinski definition) is 2. The quantitative estimate of drug-likeness (QED) is 0.485. The summed E-state index contributed by atoms with van der Waals surface area (Å²) in [7, 11) is 0. The first kappa shape index (κ1) is 15.0. The normalized spacial score (nSPS) is 10.9. The summed E-state index contributed by atoms with van der Waals surface area (Å²) in [6.45, 7) is 5.78. The fraction of sp³-hybridized carbons (Fsp3) is 0.429. The highest BCUT2D eigenvalue weighted by Gasteiger charge is 2.31. The zero-order valence-corrected chi connectivity index (χ0v) is 11.7. The van der Waals surface area contributed by atoms with E-state index in [0.29, 0.717) is 18.5 Å². The molecule has 0 heterocycles. The third kappa shape index (κ3) is 3.71. The number of nitrogens with one attached hydrogen (secondary N) is 3. The van der Waals surface area contributed by atoms with Gasteiger partial charge in [0.05, 0.1) is 5.54 Å². The zero-order chi connectivity index (χ0) is 14.5. The Morgan fingerprint density at radius 3 is 2.21 bits per heavy atom. The van der Waals surface area contributed by atoms with E-state index in [-0.39, 0.29) is 11.9 Å². The largest absolute Gasteiger partial charge is 0.386 e. The number of aryl methyl sites for hydroxylation is 1. The summed E-state index contributed by atoms with van der Waals surface area (Å²) < 4.78 is 0. The molecular weight excluding hydrogens is 240 g/mol. The van der Waals surface area contributed by atoms with Gasteiger partial charge in [0, 0.05) is 5.69 Å². The van der Waals surface area contributed by atoms with E-state index in [1.165, 1.54) is 0 Å². The van der Waals surface area contributed by atoms with E-state index in [0.717, 1.165) is 5.56 Å². The van der Waals surface area contributed by atoms with E-state index in [4.69, 9.17) is 11.1 Å². The maximum absolute atomic E-state index is 12.0. The van der Waals surface area contributed by atoms with Crippen molar-refractivity contribution in [1.82, 2.24) is 5.32 Å². The number of anilines is 1. The Morgan fingerprint density at radius 1 is 1.26 bits per heavy atom. The Hall–Kier alpha value is -2.04. The molecule has 0 aliphatic carbocycles. The summed E-state index contributed by atoms with van der Waals surface area (Å²) in [5.74, 6) is -0.0171. The van der Waals surface area contributed by atoms with Gasteiger partial charge in [-0.15, -0.1) is 0 Å². The van der Waals surface area contributed by atoms with Gasteiger partial charge < -0.3 is 16.4 Å². The molecule has 0 aliphatic rings. The highest BCUT2D eigenvalue weighted by Crippen LogP contribution is 2.15. The van der Waals surface area contributed by atoms with Crippen LogP contribution < -0.4 is 16.4 Å². The molecule has 0 saturated carbocycles. The van der Waals surface area contributed by atoms with Gasteiger partial charge in [-0.25, -0.2) is 4.79 Å². The lowest BCUT2D eigenvalue weighted by atomic mass is 9.92. The number of carbonyl (C=O) groups is 1. The minimum absolute atomic E-state index is 0.0171. The van der Waals surface area contributed by atoms with E-state index in [1.807, 2.05) is 45.0 Å². The summed E-state index contributed by atoms with van der Waals surface area (Å²) in [5.41, 5.74) is 6.67. The molecule has 0 spiro atoms. The molecule has 5 nitrogen and oxygen atoms in total. The third-order valence-corrected chi connectivity index (χ3v) is 3.38. The van der Waals surface area contributed by atoms with Crippen LogP contribution in [0.15, 0.2) is 24.3 Å². The number of amidine groups is 1. The minimum Gasteiger partial charge on any atom is -0.386 e. The van der Waals surface area contributed by atoms with Gasteiger partial charge in [-0.1, -0.05) is 31.5 Å². The van der Waals surface area contributed by atoms with Gasteiger partial charge in [-0.2, -0.15) is 0 Å². The Kier molecular flexibility index (Phi) is 4.92. The number of carbonyl (C=O) groups excluding carboxylic acids is 1. The molecule has 0 aromatic heterocycles. The number of rotatable bonds is 5. The van der Waals surface area contributed by atoms with Gasteiger partial charge in [0.1, 0.15) is 5.84 Å². The molecule has 0 atom stereocenters. The van der Waals surface area contributed by atoms with E-state index >= 15 is 0 Å². The van der Waals surface area contributed by atoms with Crippen LogP contribution in [0.3, 0.4) is 0 Å². The van der Waals surface area contributed by atoms with E-state index < -0.39 is 5.54 Å². The van der Waals surface area contributed by atoms with E-state index in [9.17, 15) is 4.79 Å². The molecule has 104 valence electrons. The van der Waals surface area contributed by atoms with Crippen LogP contribution in [-0.4, -0.2) is 17.4 Å². The predicted octanol–water partition coefficient (Wildman–Crippen LogP) is 2.61. The first-order valence-corrected chi connectivity index (χ1v) is 6.44. The van der Waals surface area contributed by atoms with Gasteiger partial charge in [0.15, 0.2) is 0 Å². The van der Waals surface area contributed by atoms with E-state index in [1.54, 1.807) is 0 Å². The Morgan fingerprint density at radius 2 is 1.79 bits per heavy atom. The predicted molar refractivity (Wildman–Crippen MR) is 78.6 cm³/mol. The van der Waals surface area contributed by atoms with Crippen LogP contribution in [0.5, 0.6) is 0 Å². The van der Waals surface area contributed by atoms with Crippen molar-refractivity contribution >= 4 is 17.6 Å². The van der Waals surface area contributed by atoms with Crippen molar-refractivity contribution in [2.45, 2.75) is 39.2 Å². The number of urea groups is 1. The van der Waals surface area contributed by atoms with Crippen LogP contribution in [0.4, 0.5) is 10.5 Å². The summed E-state index contributed by atoms with van der Waals surface area (Å²) in [4.78, 5) is 12.0. The van der Waals surface area contributed by atoms with Crippen molar-refractivity contribution in [2.24, 2.45) is 5.73 Å². The fourth-order valence-electron chi connectivity index (χ4n) is 1.89. The number of hydrogen-bond donors (Lipinski definition) is 4. The van der Waals surface area contributed by atoms with Crippen LogP contribution in [0.1, 0.15) is 32.3 Å². The molecular formula is C14H22N4O. The van der Waals surface area contributed by atoms with Crippen molar-refractivity contribution in [1.29, 1.82) is 5.41 Å². The van der Waals surface area contributed by atoms with Gasteiger partial charge in [-0.05, 0) is 31.9 Å². The van der Waals surface area contributed by atoms with Crippen molar-refractivity contribution < 1.29 is 4.79 Å². The van der Waals surface area contributed by atoms with Gasteiger partial charge in [0.2, 0.25) is 0 Å². The monoisotopic (exact) mass is 262 g/mol. The molecule has 1 rings (SSSR count). The number of amides is 2. The molecule has 1 aromatic rings. The maximum Gasteiger partial charge on any atom is 0.320 e. The first-order chi connectivity index (χ1) is 8.93. The second kappa shape index (κ2) is 6.22. The van der Waals surface area contributed by atoms with Crippen molar-refractivity contribution in [3.05, 3.63) is 29.8 Å². The van der Waals surface area contributed by atoms with Gasteiger partial charge in [0.25, 0.3) is 0 Å². The molecule has 2 amide bonds. The molecule has 1 aromatic carbocycles. The molecule has 5 heteroatoms. The summed E-state index contributed by atoms with van der Waals surface area (Å²) in [6.07, 6.45) is 1.17. The lowest BCUT2D eigenvalue weighted by molar-refractivity contribution is 0.243. The number of benzene rings is 1. The molecule has 0 saturated heterocycles. The summed E-state index contributed by atoms with van der Waals surface area (Å²) in [6, 6.07) is 7.17. The highest BCUT2D eigenvalue weighted by atomic mass is 16.2. The number of nitrogens with two attached hydrogens (primary N) is 1. The molecule has 0 bridgehead atoms. The van der Waals surface area contributed by atoms with Crippen LogP contribution in [0.25, 0.3) is 0 Å². The van der Waals surface area contributed by atoms with Crippen LogP contribution in [0.2, 0.25) is 0 Å². The zero-order valence-electron chi connectivity index (χ0n) is 11.7. The van der Waals surface area contributed by atoms with Crippen molar-refractivity contribution in [3.8, 4) is 0 Å². The standard InChI is InChI=1S/C14H22N4O/c1-4-14(5-2,12(15)16)18-13(19)17-11-8-6-10(3)7-9-11/h6-9H,4-5H2,1-3H3,(H3,15,16)(H2,17,18,19). The lowest BCUT2D eigenvalue weighted by Gasteiger charge is -2.31. The molecule has 0 radical (unpaired) electrons. The Labute approximate surface area is 114 Å². The van der Waals surface area contributed by atoms with Crippen LogP contribution in [0, 0.1) is 12.3 Å². The third-order valence-electron chi connectivity index (χ3n) is 3.38. The second-order valence-electron chi connectivity index (χ2n) is 4.65. The fourth-order valence-corrected chi connectivity index (χ4v) is 1.89. The summed E-state index contributed by atoms with van der Waals surface area (Å²) in [5, 5.41) is 13.2. The molecule has 0 aliphatic heterocycles. The average molecular weight is 262 g/mol. The van der Waals surface area contributed by atoms with Gasteiger partial charge >= 0.3 is 6.03 Å². The maximum atomic E-state index is 12.0. The Balaban J connectivity index is 2.73. The Bertz CT molecular complexity index is 449. The molecule has 0 unspecified atom stereocenters. The van der Waals surface area contributed by atoms with Gasteiger partial charge in [-0.3, -0.25) is 5.41 Å². The molecule has 5 N–H and O–H groups in total. The first-order valence-electron chi connectivity index (χ1n) is 6.44. The van der Waals surface area contributed by atoms with Crippen molar-refractivity contribution in [2.75, 3.05) is 5.32 Å². The SMILES string of the molecule is CCC(CC)(NC(=O)Nc1ccc(C)cc1)C(=N)N. The van der Waals surface area contributed by atoms with Crippen LogP contribution in [-0.2, 0) is 0 Å². The topological polar surface area (TPSA) is 91.0 Å². The smallest absolute Gasteiger partial charge is 0.320 e. The highest BCUT2D eigenvalue weighted by molar-refractivity contribution is 5.96.